The van der Waals surface area contributed by atoms with Gasteiger partial charge in [-0.05, 0) is 35.7 Å². The van der Waals surface area contributed by atoms with Crippen LogP contribution in [-0.2, 0) is 0 Å². The van der Waals surface area contributed by atoms with Gasteiger partial charge in [0, 0.05) is 17.8 Å². The number of hydrogen-bond acceptors (Lipinski definition) is 2. The summed E-state index contributed by atoms with van der Waals surface area (Å²) in [4.78, 5) is 23.5. The molecule has 0 atom stereocenters. The number of aromatic nitrogens is 1. The maximum atomic E-state index is 13.9. The van der Waals surface area contributed by atoms with Crippen LogP contribution in [0.2, 0.25) is 0 Å². The van der Waals surface area contributed by atoms with Crippen molar-refractivity contribution in [2.45, 2.75) is 25.8 Å². The average Bonchev–Trinajstić information content (AvgIpc) is 3.26. The first kappa shape index (κ1) is 14.2. The smallest absolute Gasteiger partial charge is 0.341 e. The van der Waals surface area contributed by atoms with Crippen LogP contribution in [0.4, 0.5) is 8.78 Å². The van der Waals surface area contributed by atoms with E-state index in [9.17, 15) is 18.4 Å². The third kappa shape index (κ3) is 1.98. The number of pyridine rings is 1. The molecule has 0 spiro atoms. The molecule has 110 valence electrons. The van der Waals surface area contributed by atoms with Crippen molar-refractivity contribution in [3.05, 3.63) is 43.7 Å². The highest BCUT2D eigenvalue weighted by molar-refractivity contribution is 9.10. The van der Waals surface area contributed by atoms with E-state index in [2.05, 4.69) is 15.9 Å². The molecule has 1 aliphatic rings. The van der Waals surface area contributed by atoms with Crippen LogP contribution >= 0.6 is 15.9 Å². The molecule has 0 aliphatic heterocycles. The Hall–Kier alpha value is -1.76. The summed E-state index contributed by atoms with van der Waals surface area (Å²) in [7, 11) is 0. The van der Waals surface area contributed by atoms with Gasteiger partial charge in [0.2, 0.25) is 5.43 Å². The molecule has 1 N–H and O–H groups in total. The molecule has 1 saturated carbocycles. The zero-order valence-corrected chi connectivity index (χ0v) is 12.5. The maximum Gasteiger partial charge on any atom is 0.341 e. The topological polar surface area (TPSA) is 59.3 Å². The fourth-order valence-corrected chi connectivity index (χ4v) is 3.05. The number of aromatic carboxylic acids is 1. The summed E-state index contributed by atoms with van der Waals surface area (Å²) in [5.74, 6) is -3.59. The van der Waals surface area contributed by atoms with Gasteiger partial charge in [0.15, 0.2) is 11.6 Å². The molecule has 7 heteroatoms. The lowest BCUT2D eigenvalue weighted by molar-refractivity contribution is 0.0695. The zero-order chi connectivity index (χ0) is 15.5. The SMILES string of the molecule is Cc1c(F)c(F)c(Br)c2c1c(=O)c(C(=O)O)cn2C1CC1. The Morgan fingerprint density at radius 1 is 1.38 bits per heavy atom. The number of carboxylic acid groups (broad SMARTS) is 1. The van der Waals surface area contributed by atoms with Gasteiger partial charge in [-0.1, -0.05) is 0 Å². The highest BCUT2D eigenvalue weighted by atomic mass is 79.9. The standard InChI is InChI=1S/C14H10BrF2NO3/c1-5-8-12(9(15)11(17)10(5)16)18(6-2-3-6)4-7(13(8)19)14(20)21/h4,6H,2-3H2,1H3,(H,20,21). The lowest BCUT2D eigenvalue weighted by Gasteiger charge is -2.15. The van der Waals surface area contributed by atoms with E-state index in [0.717, 1.165) is 12.8 Å². The third-order valence-corrected chi connectivity index (χ3v) is 4.43. The van der Waals surface area contributed by atoms with E-state index < -0.39 is 28.6 Å². The van der Waals surface area contributed by atoms with E-state index >= 15 is 0 Å². The molecular weight excluding hydrogens is 348 g/mol. The number of aryl methyl sites for hydroxylation is 1. The first-order valence-corrected chi connectivity index (χ1v) is 7.09. The summed E-state index contributed by atoms with van der Waals surface area (Å²) in [6.07, 6.45) is 2.83. The maximum absolute atomic E-state index is 13.9. The van der Waals surface area contributed by atoms with Crippen LogP contribution in [0.3, 0.4) is 0 Å². The van der Waals surface area contributed by atoms with Crippen LogP contribution in [0.5, 0.6) is 0 Å². The highest BCUT2D eigenvalue weighted by Gasteiger charge is 2.30. The second kappa shape index (κ2) is 4.62. The summed E-state index contributed by atoms with van der Waals surface area (Å²) in [6.45, 7) is 1.28. The van der Waals surface area contributed by atoms with Crippen molar-refractivity contribution >= 4 is 32.8 Å². The second-order valence-corrected chi connectivity index (χ2v) is 5.90. The van der Waals surface area contributed by atoms with Gasteiger partial charge in [0.25, 0.3) is 0 Å². The first-order chi connectivity index (χ1) is 9.84. The Bertz CT molecular complexity index is 856. The van der Waals surface area contributed by atoms with Crippen molar-refractivity contribution in [3.8, 4) is 0 Å². The summed E-state index contributed by atoms with van der Waals surface area (Å²) in [6, 6.07) is 0.00626. The molecular formula is C14H10BrF2NO3. The number of carbonyl (C=O) groups is 1. The summed E-state index contributed by atoms with van der Waals surface area (Å²) < 4.78 is 29.2. The normalized spacial score (nSPS) is 14.7. The molecule has 0 radical (unpaired) electrons. The van der Waals surface area contributed by atoms with Gasteiger partial charge in [0.05, 0.1) is 15.4 Å². The molecule has 1 aromatic heterocycles. The van der Waals surface area contributed by atoms with Crippen molar-refractivity contribution < 1.29 is 18.7 Å². The zero-order valence-electron chi connectivity index (χ0n) is 10.9. The summed E-state index contributed by atoms with van der Waals surface area (Å²) in [5.41, 5.74) is -1.20. The lowest BCUT2D eigenvalue weighted by atomic mass is 10.0. The number of rotatable bonds is 2. The first-order valence-electron chi connectivity index (χ1n) is 6.29. The van der Waals surface area contributed by atoms with Crippen molar-refractivity contribution in [3.63, 3.8) is 0 Å². The van der Waals surface area contributed by atoms with Gasteiger partial charge in [-0.2, -0.15) is 0 Å². The third-order valence-electron chi connectivity index (χ3n) is 3.70. The van der Waals surface area contributed by atoms with Crippen LogP contribution in [0.1, 0.15) is 34.8 Å². The minimum Gasteiger partial charge on any atom is -0.477 e. The number of nitrogens with zero attached hydrogens (tertiary/aromatic N) is 1. The monoisotopic (exact) mass is 357 g/mol. The fraction of sp³-hybridized carbons (Fsp3) is 0.286. The second-order valence-electron chi connectivity index (χ2n) is 5.11. The Morgan fingerprint density at radius 3 is 2.52 bits per heavy atom. The van der Waals surface area contributed by atoms with Gasteiger partial charge >= 0.3 is 5.97 Å². The van der Waals surface area contributed by atoms with Gasteiger partial charge in [-0.25, -0.2) is 13.6 Å². The van der Waals surface area contributed by atoms with Gasteiger partial charge in [-0.3, -0.25) is 4.79 Å². The predicted molar refractivity (Wildman–Crippen MR) is 75.8 cm³/mol. The van der Waals surface area contributed by atoms with Gasteiger partial charge in [0.1, 0.15) is 5.56 Å². The molecule has 0 saturated heterocycles. The molecule has 2 aromatic rings. The number of hydrogen-bond donors (Lipinski definition) is 1. The van der Waals surface area contributed by atoms with E-state index in [4.69, 9.17) is 5.11 Å². The van der Waals surface area contributed by atoms with E-state index in [-0.39, 0.29) is 27.0 Å². The summed E-state index contributed by atoms with van der Waals surface area (Å²) in [5, 5.41) is 9.05. The summed E-state index contributed by atoms with van der Waals surface area (Å²) >= 11 is 2.99. The van der Waals surface area contributed by atoms with Crippen molar-refractivity contribution in [2.24, 2.45) is 0 Å². The van der Waals surface area contributed by atoms with E-state index in [1.54, 1.807) is 4.57 Å². The fourth-order valence-electron chi connectivity index (χ4n) is 2.47. The van der Waals surface area contributed by atoms with Gasteiger partial charge < -0.3 is 9.67 Å². The van der Waals surface area contributed by atoms with E-state index in [1.165, 1.54) is 13.1 Å². The number of fused-ring (bicyclic) bond motifs is 1. The molecule has 21 heavy (non-hydrogen) atoms. The number of benzene rings is 1. The van der Waals surface area contributed by atoms with Crippen LogP contribution in [-0.4, -0.2) is 15.6 Å². The van der Waals surface area contributed by atoms with Crippen LogP contribution in [0.15, 0.2) is 15.5 Å². The molecule has 1 aromatic carbocycles. The molecule has 0 bridgehead atoms. The molecule has 1 fully saturated rings. The van der Waals surface area contributed by atoms with E-state index in [1.807, 2.05) is 0 Å². The Morgan fingerprint density at radius 2 is 2.00 bits per heavy atom. The highest BCUT2D eigenvalue weighted by Crippen LogP contribution is 2.40. The minimum atomic E-state index is -1.38. The van der Waals surface area contributed by atoms with Crippen LogP contribution in [0, 0.1) is 18.6 Å². The molecule has 1 aliphatic carbocycles. The lowest BCUT2D eigenvalue weighted by Crippen LogP contribution is -2.20. The van der Waals surface area contributed by atoms with Crippen molar-refractivity contribution in [1.82, 2.24) is 4.57 Å². The van der Waals surface area contributed by atoms with Crippen LogP contribution < -0.4 is 5.43 Å². The molecule has 0 unspecified atom stereocenters. The van der Waals surface area contributed by atoms with E-state index in [0.29, 0.717) is 0 Å². The number of carboxylic acids is 1. The Labute approximate surface area is 126 Å². The average molecular weight is 358 g/mol. The number of halogens is 3. The molecule has 3 rings (SSSR count). The van der Waals surface area contributed by atoms with Gasteiger partial charge in [-0.15, -0.1) is 0 Å². The predicted octanol–water partition coefficient (Wildman–Crippen LogP) is 3.38. The van der Waals surface area contributed by atoms with Crippen molar-refractivity contribution in [1.29, 1.82) is 0 Å². The Kier molecular flexibility index (Phi) is 3.12. The largest absolute Gasteiger partial charge is 0.477 e. The molecule has 0 amide bonds. The van der Waals surface area contributed by atoms with Crippen LogP contribution in [0.25, 0.3) is 10.9 Å². The molecule has 1 heterocycles. The van der Waals surface area contributed by atoms with Crippen molar-refractivity contribution in [2.75, 3.05) is 0 Å². The Balaban J connectivity index is 2.59. The molecule has 4 nitrogen and oxygen atoms in total. The quantitative estimate of drug-likeness (QED) is 0.838. The minimum absolute atomic E-state index is 0.00626.